The van der Waals surface area contributed by atoms with E-state index < -0.39 is 7.92 Å². The van der Waals surface area contributed by atoms with E-state index in [1.807, 2.05) is 43.3 Å². The molecule has 0 unspecified atom stereocenters. The fraction of sp³-hybridized carbons (Fsp3) is 0.136. The normalized spacial score (nSPS) is 10.6. The molecule has 0 bridgehead atoms. The Morgan fingerprint density at radius 3 is 2.00 bits per heavy atom. The van der Waals surface area contributed by atoms with Crippen molar-refractivity contribution in [1.29, 1.82) is 0 Å². The third-order valence-electron chi connectivity index (χ3n) is 3.90. The average Bonchev–Trinajstić information content (AvgIpc) is 2.64. The Kier molecular flexibility index (Phi) is 5.98. The molecule has 0 spiro atoms. The molecule has 0 saturated carbocycles. The Morgan fingerprint density at radius 1 is 0.840 bits per heavy atom. The fourth-order valence-electron chi connectivity index (χ4n) is 2.69. The molecule has 0 aliphatic carbocycles. The van der Waals surface area contributed by atoms with Gasteiger partial charge in [0, 0.05) is 0 Å². The monoisotopic (exact) mass is 348 g/mol. The minimum absolute atomic E-state index is 0.176. The van der Waals surface area contributed by atoms with E-state index in [0.29, 0.717) is 12.2 Å². The van der Waals surface area contributed by atoms with E-state index in [4.69, 9.17) is 4.74 Å². The van der Waals surface area contributed by atoms with Gasteiger partial charge in [-0.05, 0) is 49.3 Å². The maximum Gasteiger partial charge on any atom is 0.311 e. The number of hydrogen-bond donors (Lipinski definition) is 0. The molecule has 3 aromatic carbocycles. The molecule has 0 saturated heterocycles. The van der Waals surface area contributed by atoms with E-state index in [-0.39, 0.29) is 5.97 Å². The summed E-state index contributed by atoms with van der Waals surface area (Å²) in [5.74, 6) is 0.443. The van der Waals surface area contributed by atoms with E-state index in [0.717, 1.165) is 11.7 Å². The third-order valence-corrected chi connectivity index (χ3v) is 6.41. The average molecular weight is 348 g/mol. The van der Waals surface area contributed by atoms with Crippen LogP contribution in [0.25, 0.3) is 0 Å². The third kappa shape index (κ3) is 5.01. The van der Waals surface area contributed by atoms with Gasteiger partial charge in [0.2, 0.25) is 0 Å². The molecule has 0 heterocycles. The quantitative estimate of drug-likeness (QED) is 0.374. The van der Waals surface area contributed by atoms with Crippen LogP contribution >= 0.6 is 7.92 Å². The molecular formula is C22H21O2P. The summed E-state index contributed by atoms with van der Waals surface area (Å²) in [6, 6.07) is 28.4. The van der Waals surface area contributed by atoms with Crippen LogP contribution in [0.1, 0.15) is 12.0 Å². The topological polar surface area (TPSA) is 26.3 Å². The summed E-state index contributed by atoms with van der Waals surface area (Å²) in [5, 5.41) is 2.57. The standard InChI is InChI=1S/C22H21O2P/c1-18-9-8-10-19(17-18)24-22(23)15-16-25(20-11-4-2-5-12-20)21-13-6-3-7-14-21/h2-14,17H,15-16H2,1H3. The van der Waals surface area contributed by atoms with Crippen LogP contribution in [-0.2, 0) is 4.79 Å². The maximum absolute atomic E-state index is 12.3. The lowest BCUT2D eigenvalue weighted by Gasteiger charge is -2.18. The lowest BCUT2D eigenvalue weighted by molar-refractivity contribution is -0.133. The number of carbonyl (C=O) groups is 1. The molecule has 0 aliphatic rings. The second-order valence-electron chi connectivity index (χ2n) is 5.86. The van der Waals surface area contributed by atoms with Gasteiger partial charge in [0.05, 0.1) is 6.42 Å². The van der Waals surface area contributed by atoms with Crippen LogP contribution in [0.3, 0.4) is 0 Å². The van der Waals surface area contributed by atoms with Crippen molar-refractivity contribution in [3.63, 3.8) is 0 Å². The minimum Gasteiger partial charge on any atom is -0.427 e. The van der Waals surface area contributed by atoms with E-state index >= 15 is 0 Å². The first-order valence-corrected chi connectivity index (χ1v) is 9.90. The molecule has 3 heteroatoms. The molecular weight excluding hydrogens is 327 g/mol. The van der Waals surface area contributed by atoms with E-state index in [1.54, 1.807) is 0 Å². The number of esters is 1. The first-order valence-electron chi connectivity index (χ1n) is 8.37. The van der Waals surface area contributed by atoms with Crippen LogP contribution in [-0.4, -0.2) is 12.1 Å². The van der Waals surface area contributed by atoms with Crippen molar-refractivity contribution >= 4 is 24.5 Å². The summed E-state index contributed by atoms with van der Waals surface area (Å²) in [5.41, 5.74) is 1.08. The Labute approximate surface area is 150 Å². The molecule has 25 heavy (non-hydrogen) atoms. The van der Waals surface area contributed by atoms with Crippen LogP contribution in [0.5, 0.6) is 5.75 Å². The second kappa shape index (κ2) is 8.60. The summed E-state index contributed by atoms with van der Waals surface area (Å²) in [4.78, 5) is 12.3. The van der Waals surface area contributed by atoms with Crippen molar-refractivity contribution in [3.05, 3.63) is 90.5 Å². The Hall–Kier alpha value is -2.44. The maximum atomic E-state index is 12.3. The highest BCUT2D eigenvalue weighted by atomic mass is 31.1. The molecule has 0 radical (unpaired) electrons. The summed E-state index contributed by atoms with van der Waals surface area (Å²) in [6.07, 6.45) is 1.19. The van der Waals surface area contributed by atoms with Gasteiger partial charge in [-0.1, -0.05) is 72.8 Å². The smallest absolute Gasteiger partial charge is 0.311 e. The summed E-state index contributed by atoms with van der Waals surface area (Å²) < 4.78 is 5.49. The summed E-state index contributed by atoms with van der Waals surface area (Å²) in [6.45, 7) is 1.99. The molecule has 0 fully saturated rings. The van der Waals surface area contributed by atoms with Gasteiger partial charge in [-0.25, -0.2) is 0 Å². The molecule has 0 N–H and O–H groups in total. The second-order valence-corrected chi connectivity index (χ2v) is 8.20. The van der Waals surface area contributed by atoms with Gasteiger partial charge in [-0.3, -0.25) is 4.79 Å². The van der Waals surface area contributed by atoms with Crippen molar-refractivity contribution in [2.75, 3.05) is 6.16 Å². The van der Waals surface area contributed by atoms with Crippen molar-refractivity contribution < 1.29 is 9.53 Å². The Bertz CT molecular complexity index is 776. The SMILES string of the molecule is Cc1cccc(OC(=O)CCP(c2ccccc2)c2ccccc2)c1. The van der Waals surface area contributed by atoms with Crippen LogP contribution < -0.4 is 15.3 Å². The molecule has 3 aromatic rings. The van der Waals surface area contributed by atoms with Gasteiger partial charge in [0.15, 0.2) is 0 Å². The zero-order valence-electron chi connectivity index (χ0n) is 14.3. The molecule has 0 amide bonds. The van der Waals surface area contributed by atoms with E-state index in [9.17, 15) is 4.79 Å². The molecule has 126 valence electrons. The Morgan fingerprint density at radius 2 is 1.44 bits per heavy atom. The lowest BCUT2D eigenvalue weighted by atomic mass is 10.2. The predicted molar refractivity (Wildman–Crippen MR) is 105 cm³/mol. The van der Waals surface area contributed by atoms with Gasteiger partial charge in [-0.2, -0.15) is 0 Å². The summed E-state index contributed by atoms with van der Waals surface area (Å²) in [7, 11) is -0.565. The Balaban J connectivity index is 1.70. The van der Waals surface area contributed by atoms with Crippen molar-refractivity contribution in [3.8, 4) is 5.75 Å². The van der Waals surface area contributed by atoms with Gasteiger partial charge in [0.25, 0.3) is 0 Å². The van der Waals surface area contributed by atoms with Crippen molar-refractivity contribution in [2.45, 2.75) is 13.3 Å². The van der Waals surface area contributed by atoms with Crippen LogP contribution in [0.4, 0.5) is 0 Å². The highest BCUT2D eigenvalue weighted by molar-refractivity contribution is 7.73. The number of aryl methyl sites for hydroxylation is 1. The molecule has 0 aromatic heterocycles. The van der Waals surface area contributed by atoms with E-state index in [1.165, 1.54) is 10.6 Å². The summed E-state index contributed by atoms with van der Waals surface area (Å²) >= 11 is 0. The lowest BCUT2D eigenvalue weighted by Crippen LogP contribution is -2.17. The minimum atomic E-state index is -0.565. The number of ether oxygens (including phenoxy) is 1. The first kappa shape index (κ1) is 17.4. The zero-order valence-corrected chi connectivity index (χ0v) is 15.2. The highest BCUT2D eigenvalue weighted by Gasteiger charge is 2.16. The van der Waals surface area contributed by atoms with Gasteiger partial charge < -0.3 is 4.74 Å². The van der Waals surface area contributed by atoms with Crippen molar-refractivity contribution in [2.24, 2.45) is 0 Å². The zero-order chi connectivity index (χ0) is 17.5. The van der Waals surface area contributed by atoms with Crippen LogP contribution in [0.15, 0.2) is 84.9 Å². The largest absolute Gasteiger partial charge is 0.427 e. The van der Waals surface area contributed by atoms with Crippen LogP contribution in [0.2, 0.25) is 0 Å². The van der Waals surface area contributed by atoms with Gasteiger partial charge >= 0.3 is 5.97 Å². The number of rotatable bonds is 6. The predicted octanol–water partition coefficient (Wildman–Crippen LogP) is 4.42. The number of carbonyl (C=O) groups excluding carboxylic acids is 1. The molecule has 0 aliphatic heterocycles. The van der Waals surface area contributed by atoms with Crippen LogP contribution in [0, 0.1) is 6.92 Å². The van der Waals surface area contributed by atoms with E-state index in [2.05, 4.69) is 48.5 Å². The van der Waals surface area contributed by atoms with Gasteiger partial charge in [0.1, 0.15) is 5.75 Å². The highest BCUT2D eigenvalue weighted by Crippen LogP contribution is 2.34. The fourth-order valence-corrected chi connectivity index (χ4v) is 4.97. The molecule has 2 nitrogen and oxygen atoms in total. The first-order chi connectivity index (χ1) is 12.2. The molecule has 0 atom stereocenters. The molecule has 3 rings (SSSR count). The number of benzene rings is 3. The van der Waals surface area contributed by atoms with Crippen molar-refractivity contribution in [1.82, 2.24) is 0 Å². The number of hydrogen-bond acceptors (Lipinski definition) is 2. The van der Waals surface area contributed by atoms with Gasteiger partial charge in [-0.15, -0.1) is 0 Å².